The average molecular weight is 525 g/mol. The van der Waals surface area contributed by atoms with Crippen LogP contribution < -0.4 is 0 Å². The van der Waals surface area contributed by atoms with Crippen molar-refractivity contribution >= 4 is 54.1 Å². The predicted molar refractivity (Wildman–Crippen MR) is 129 cm³/mol. The molecule has 4 rings (SSSR count). The van der Waals surface area contributed by atoms with Crippen molar-refractivity contribution in [2.45, 2.75) is 36.4 Å². The Morgan fingerprint density at radius 2 is 1.94 bits per heavy atom. The maximum Gasteiger partial charge on any atom is 0.277 e. The van der Waals surface area contributed by atoms with Crippen LogP contribution in [0.3, 0.4) is 0 Å². The van der Waals surface area contributed by atoms with Gasteiger partial charge in [0.25, 0.3) is 15.9 Å². The third-order valence-corrected chi connectivity index (χ3v) is 9.86. The zero-order valence-electron chi connectivity index (χ0n) is 17.8. The number of rotatable bonds is 5. The highest BCUT2D eigenvalue weighted by atomic mass is 79.9. The molecule has 9 heteroatoms. The van der Waals surface area contributed by atoms with E-state index >= 15 is 0 Å². The number of hydrogen-bond acceptors (Lipinski definition) is 5. The smallest absolute Gasteiger partial charge is 0.277 e. The lowest BCUT2D eigenvalue weighted by molar-refractivity contribution is 0.0661. The summed E-state index contributed by atoms with van der Waals surface area (Å²) in [5.41, 5.74) is 1.93. The lowest BCUT2D eigenvalue weighted by Gasteiger charge is -2.35. The van der Waals surface area contributed by atoms with Gasteiger partial charge in [-0.3, -0.25) is 4.79 Å². The number of para-hydroxylation sites is 1. The van der Waals surface area contributed by atoms with Crippen LogP contribution in [0, 0.1) is 0 Å². The van der Waals surface area contributed by atoms with E-state index < -0.39 is 10.0 Å². The van der Waals surface area contributed by atoms with Crippen molar-refractivity contribution in [3.8, 4) is 0 Å². The highest BCUT2D eigenvalue weighted by molar-refractivity contribution is 9.11. The molecule has 1 aromatic carbocycles. The third kappa shape index (κ3) is 4.08. The molecule has 31 heavy (non-hydrogen) atoms. The summed E-state index contributed by atoms with van der Waals surface area (Å²) in [4.78, 5) is 17.6. The van der Waals surface area contributed by atoms with Crippen LogP contribution in [0.1, 0.15) is 35.7 Å². The number of fused-ring (bicyclic) bond motifs is 1. The van der Waals surface area contributed by atoms with Crippen molar-refractivity contribution in [3.63, 3.8) is 0 Å². The van der Waals surface area contributed by atoms with E-state index in [1.807, 2.05) is 32.2 Å². The molecule has 0 saturated carbocycles. The Labute approximate surface area is 195 Å². The van der Waals surface area contributed by atoms with Gasteiger partial charge >= 0.3 is 0 Å². The van der Waals surface area contributed by atoms with Crippen LogP contribution in [0.2, 0.25) is 0 Å². The number of hydrogen-bond donors (Lipinski definition) is 0. The highest BCUT2D eigenvalue weighted by Crippen LogP contribution is 2.33. The van der Waals surface area contributed by atoms with Crippen LogP contribution >= 0.6 is 27.3 Å². The van der Waals surface area contributed by atoms with Crippen LogP contribution in [-0.4, -0.2) is 61.3 Å². The quantitative estimate of drug-likeness (QED) is 0.496. The van der Waals surface area contributed by atoms with Gasteiger partial charge in [-0.05, 0) is 73.0 Å². The fourth-order valence-corrected chi connectivity index (χ4v) is 7.74. The van der Waals surface area contributed by atoms with Crippen LogP contribution in [0.4, 0.5) is 0 Å². The molecule has 0 spiro atoms. The van der Waals surface area contributed by atoms with E-state index in [0.717, 1.165) is 35.3 Å². The van der Waals surface area contributed by atoms with Gasteiger partial charge in [0.15, 0.2) is 0 Å². The van der Waals surface area contributed by atoms with E-state index in [0.29, 0.717) is 22.9 Å². The van der Waals surface area contributed by atoms with Crippen molar-refractivity contribution in [1.82, 2.24) is 13.8 Å². The van der Waals surface area contributed by atoms with Crippen LogP contribution in [-0.2, 0) is 16.4 Å². The fourth-order valence-electron chi connectivity index (χ4n) is 4.24. The molecule has 3 heterocycles. The zero-order valence-corrected chi connectivity index (χ0v) is 21.1. The predicted octanol–water partition coefficient (Wildman–Crippen LogP) is 4.43. The maximum atomic E-state index is 13.5. The molecule has 0 N–H and O–H groups in total. The summed E-state index contributed by atoms with van der Waals surface area (Å²) in [6.07, 6.45) is 4.02. The van der Waals surface area contributed by atoms with E-state index in [1.165, 1.54) is 21.5 Å². The number of likely N-dealkylation sites (tertiary alicyclic amines) is 1. The van der Waals surface area contributed by atoms with Gasteiger partial charge in [-0.1, -0.05) is 25.1 Å². The number of piperidine rings is 1. The zero-order chi connectivity index (χ0) is 22.3. The molecular weight excluding hydrogens is 498 g/mol. The lowest BCUT2D eigenvalue weighted by Crippen LogP contribution is -2.44. The fraction of sp³-hybridized carbons (Fsp3) is 0.409. The van der Waals surface area contributed by atoms with E-state index in [9.17, 15) is 13.2 Å². The number of aromatic nitrogens is 1. The van der Waals surface area contributed by atoms with Gasteiger partial charge in [0.2, 0.25) is 0 Å². The molecule has 6 nitrogen and oxygen atoms in total. The Morgan fingerprint density at radius 1 is 1.23 bits per heavy atom. The van der Waals surface area contributed by atoms with Gasteiger partial charge < -0.3 is 9.80 Å². The maximum absolute atomic E-state index is 13.5. The molecule has 0 aliphatic carbocycles. The normalized spacial score (nSPS) is 16.1. The number of benzene rings is 1. The highest BCUT2D eigenvalue weighted by Gasteiger charge is 2.30. The largest absolute Gasteiger partial charge is 0.339 e. The molecule has 0 unspecified atom stereocenters. The topological polar surface area (TPSA) is 62.6 Å². The van der Waals surface area contributed by atoms with Gasteiger partial charge in [-0.15, -0.1) is 11.3 Å². The molecule has 166 valence electrons. The SMILES string of the molecule is CCc1cccc2c(C(=O)N(C)C3CCN(C)CC3)cn(S(=O)(=O)c3ccc(Br)s3)c12. The molecule has 1 aliphatic rings. The molecule has 2 aromatic heterocycles. The summed E-state index contributed by atoms with van der Waals surface area (Å²) in [6.45, 7) is 3.89. The second-order valence-electron chi connectivity index (χ2n) is 8.02. The molecule has 3 aromatic rings. The number of nitrogens with zero attached hydrogens (tertiary/aromatic N) is 3. The Balaban J connectivity index is 1.83. The molecule has 1 aliphatic heterocycles. The van der Waals surface area contributed by atoms with Crippen molar-refractivity contribution in [3.05, 3.63) is 51.4 Å². The summed E-state index contributed by atoms with van der Waals surface area (Å²) in [7, 11) is 0.0983. The van der Waals surface area contributed by atoms with Gasteiger partial charge in [-0.2, -0.15) is 8.42 Å². The molecular formula is C22H26BrN3O3S2. The second kappa shape index (κ2) is 8.69. The Hall–Kier alpha value is -1.68. The Morgan fingerprint density at radius 3 is 2.55 bits per heavy atom. The minimum absolute atomic E-state index is 0.130. The van der Waals surface area contributed by atoms with Gasteiger partial charge in [-0.25, -0.2) is 3.97 Å². The Kier molecular flexibility index (Phi) is 6.31. The van der Waals surface area contributed by atoms with Crippen molar-refractivity contribution < 1.29 is 13.2 Å². The van der Waals surface area contributed by atoms with E-state index in [4.69, 9.17) is 0 Å². The minimum atomic E-state index is -3.82. The number of thiophene rings is 1. The summed E-state index contributed by atoms with van der Waals surface area (Å²) in [5.74, 6) is -0.130. The second-order valence-corrected chi connectivity index (χ2v) is 12.5. The molecule has 0 bridgehead atoms. The first kappa shape index (κ1) is 22.5. The summed E-state index contributed by atoms with van der Waals surface area (Å²) < 4.78 is 29.3. The van der Waals surface area contributed by atoms with Crippen molar-refractivity contribution in [2.24, 2.45) is 0 Å². The van der Waals surface area contributed by atoms with Gasteiger partial charge in [0, 0.05) is 24.7 Å². The molecule has 0 atom stereocenters. The first-order valence-electron chi connectivity index (χ1n) is 10.3. The third-order valence-electron chi connectivity index (χ3n) is 6.11. The van der Waals surface area contributed by atoms with Crippen LogP contribution in [0.25, 0.3) is 10.9 Å². The number of aryl methyl sites for hydroxylation is 1. The molecule has 1 fully saturated rings. The summed E-state index contributed by atoms with van der Waals surface area (Å²) in [5, 5.41) is 0.684. The number of carbonyl (C=O) groups excluding carboxylic acids is 1. The van der Waals surface area contributed by atoms with Gasteiger partial charge in [0.05, 0.1) is 14.9 Å². The summed E-state index contributed by atoms with van der Waals surface area (Å²) >= 11 is 4.52. The molecule has 1 amide bonds. The number of halogens is 1. The van der Waals surface area contributed by atoms with E-state index in [2.05, 4.69) is 27.9 Å². The first-order chi connectivity index (χ1) is 14.7. The molecule has 1 saturated heterocycles. The van der Waals surface area contributed by atoms with Gasteiger partial charge in [0.1, 0.15) is 4.21 Å². The number of amides is 1. The standard InChI is InChI=1S/C22H26BrN3O3S2/c1-4-15-6-5-7-17-18(22(27)25(3)16-10-12-24(2)13-11-16)14-26(21(15)17)31(28,29)20-9-8-19(23)30-20/h5-9,14,16H,4,10-13H2,1-3H3. The van der Waals surface area contributed by atoms with Crippen LogP contribution in [0.5, 0.6) is 0 Å². The lowest BCUT2D eigenvalue weighted by atomic mass is 10.0. The first-order valence-corrected chi connectivity index (χ1v) is 13.4. The summed E-state index contributed by atoms with van der Waals surface area (Å²) in [6, 6.07) is 9.14. The van der Waals surface area contributed by atoms with Crippen molar-refractivity contribution in [1.29, 1.82) is 0 Å². The van der Waals surface area contributed by atoms with E-state index in [1.54, 1.807) is 17.0 Å². The van der Waals surface area contributed by atoms with Crippen molar-refractivity contribution in [2.75, 3.05) is 27.2 Å². The van der Waals surface area contributed by atoms with Crippen LogP contribution in [0.15, 0.2) is 44.5 Å². The average Bonchev–Trinajstić information content (AvgIpc) is 3.38. The molecule has 0 radical (unpaired) electrons. The van der Waals surface area contributed by atoms with E-state index in [-0.39, 0.29) is 16.2 Å². The monoisotopic (exact) mass is 523 g/mol. The number of carbonyl (C=O) groups is 1. The Bertz CT molecular complexity index is 1220. The minimum Gasteiger partial charge on any atom is -0.339 e.